The highest BCUT2D eigenvalue weighted by Crippen LogP contribution is 2.34. The number of nitrogens with one attached hydrogen (secondary N) is 2. The topological polar surface area (TPSA) is 24.1 Å². The van der Waals surface area contributed by atoms with Crippen LogP contribution < -0.4 is 10.6 Å². The van der Waals surface area contributed by atoms with Gasteiger partial charge in [0.15, 0.2) is 0 Å². The zero-order valence-electron chi connectivity index (χ0n) is 12.8. The van der Waals surface area contributed by atoms with Gasteiger partial charge < -0.3 is 10.6 Å². The third-order valence-electron chi connectivity index (χ3n) is 5.10. The molecule has 0 radical (unpaired) electrons. The quantitative estimate of drug-likeness (QED) is 0.878. The molecule has 0 bridgehead atoms. The fourth-order valence-electron chi connectivity index (χ4n) is 3.73. The highest BCUT2D eigenvalue weighted by atomic mass is 14.9. The van der Waals surface area contributed by atoms with Crippen LogP contribution in [0, 0.1) is 5.41 Å². The first-order valence-electron chi connectivity index (χ1n) is 8.27. The van der Waals surface area contributed by atoms with Gasteiger partial charge in [-0.25, -0.2) is 0 Å². The Bertz CT molecular complexity index is 447. The molecule has 0 saturated heterocycles. The monoisotopic (exact) mass is 272 g/mol. The molecule has 110 valence electrons. The van der Waals surface area contributed by atoms with E-state index in [1.165, 1.54) is 61.8 Å². The first-order valence-corrected chi connectivity index (χ1v) is 8.27. The van der Waals surface area contributed by atoms with Crippen molar-refractivity contribution in [2.24, 2.45) is 5.41 Å². The van der Waals surface area contributed by atoms with Crippen molar-refractivity contribution in [1.29, 1.82) is 0 Å². The van der Waals surface area contributed by atoms with Crippen molar-refractivity contribution in [3.8, 4) is 0 Å². The normalized spacial score (nSPS) is 21.4. The van der Waals surface area contributed by atoms with Gasteiger partial charge in [0.25, 0.3) is 0 Å². The first-order chi connectivity index (χ1) is 9.75. The molecule has 1 aromatic rings. The van der Waals surface area contributed by atoms with Crippen LogP contribution in [-0.4, -0.2) is 13.1 Å². The Morgan fingerprint density at radius 2 is 2.00 bits per heavy atom. The van der Waals surface area contributed by atoms with E-state index in [0.717, 1.165) is 19.6 Å². The average Bonchev–Trinajstić information content (AvgIpc) is 2.48. The van der Waals surface area contributed by atoms with Crippen molar-refractivity contribution in [1.82, 2.24) is 10.6 Å². The average molecular weight is 272 g/mol. The summed E-state index contributed by atoms with van der Waals surface area (Å²) < 4.78 is 0. The highest BCUT2D eigenvalue weighted by molar-refractivity contribution is 5.33. The zero-order chi connectivity index (χ0) is 13.8. The molecule has 0 unspecified atom stereocenters. The van der Waals surface area contributed by atoms with E-state index in [2.05, 4.69) is 35.8 Å². The maximum Gasteiger partial charge on any atom is 0.0208 e. The van der Waals surface area contributed by atoms with E-state index in [4.69, 9.17) is 0 Å². The Labute approximate surface area is 123 Å². The van der Waals surface area contributed by atoms with E-state index < -0.39 is 0 Å². The van der Waals surface area contributed by atoms with E-state index in [1.807, 2.05) is 0 Å². The molecule has 1 aliphatic heterocycles. The van der Waals surface area contributed by atoms with Crippen LogP contribution in [0.1, 0.15) is 55.7 Å². The van der Waals surface area contributed by atoms with Crippen molar-refractivity contribution in [3.05, 3.63) is 34.9 Å². The van der Waals surface area contributed by atoms with Crippen LogP contribution in [0.5, 0.6) is 0 Å². The Morgan fingerprint density at radius 3 is 2.85 bits per heavy atom. The molecule has 20 heavy (non-hydrogen) atoms. The second-order valence-electron chi connectivity index (χ2n) is 7.00. The van der Waals surface area contributed by atoms with Gasteiger partial charge in [0.05, 0.1) is 0 Å². The summed E-state index contributed by atoms with van der Waals surface area (Å²) in [6, 6.07) is 7.02. The number of benzene rings is 1. The standard InChI is InChI=1S/C18H28N2/c1-18(8-3-2-4-9-18)14-20-12-15-5-6-16-7-10-19-13-17(16)11-15/h5-6,11,19-20H,2-4,7-10,12-14H2,1H3. The predicted molar refractivity (Wildman–Crippen MR) is 84.8 cm³/mol. The van der Waals surface area contributed by atoms with Crippen LogP contribution in [0.4, 0.5) is 0 Å². The molecule has 1 aromatic carbocycles. The van der Waals surface area contributed by atoms with Gasteiger partial charge in [-0.2, -0.15) is 0 Å². The van der Waals surface area contributed by atoms with Crippen molar-refractivity contribution in [2.45, 2.75) is 58.5 Å². The van der Waals surface area contributed by atoms with Gasteiger partial charge in [-0.05, 0) is 47.9 Å². The maximum atomic E-state index is 3.70. The summed E-state index contributed by atoms with van der Waals surface area (Å²) >= 11 is 0. The lowest BCUT2D eigenvalue weighted by Gasteiger charge is -2.33. The van der Waals surface area contributed by atoms with Crippen molar-refractivity contribution in [2.75, 3.05) is 13.1 Å². The van der Waals surface area contributed by atoms with E-state index in [0.29, 0.717) is 5.41 Å². The highest BCUT2D eigenvalue weighted by Gasteiger charge is 2.25. The molecule has 2 aliphatic rings. The summed E-state index contributed by atoms with van der Waals surface area (Å²) in [5.41, 5.74) is 5.01. The fraction of sp³-hybridized carbons (Fsp3) is 0.667. The molecular weight excluding hydrogens is 244 g/mol. The maximum absolute atomic E-state index is 3.70. The van der Waals surface area contributed by atoms with Gasteiger partial charge in [0.2, 0.25) is 0 Å². The molecule has 1 fully saturated rings. The minimum absolute atomic E-state index is 0.536. The Balaban J connectivity index is 1.53. The van der Waals surface area contributed by atoms with Gasteiger partial charge in [0, 0.05) is 19.6 Å². The van der Waals surface area contributed by atoms with Crippen LogP contribution >= 0.6 is 0 Å². The summed E-state index contributed by atoms with van der Waals surface area (Å²) in [5.74, 6) is 0. The van der Waals surface area contributed by atoms with Crippen molar-refractivity contribution in [3.63, 3.8) is 0 Å². The lowest BCUT2D eigenvalue weighted by Crippen LogP contribution is -2.33. The smallest absolute Gasteiger partial charge is 0.0208 e. The van der Waals surface area contributed by atoms with Gasteiger partial charge in [-0.15, -0.1) is 0 Å². The van der Waals surface area contributed by atoms with Crippen LogP contribution in [0.2, 0.25) is 0 Å². The van der Waals surface area contributed by atoms with E-state index >= 15 is 0 Å². The van der Waals surface area contributed by atoms with Gasteiger partial charge in [0.1, 0.15) is 0 Å². The Hall–Kier alpha value is -0.860. The van der Waals surface area contributed by atoms with Crippen molar-refractivity contribution >= 4 is 0 Å². The SMILES string of the molecule is CC1(CNCc2ccc3c(c2)CNCC3)CCCCC1. The van der Waals surface area contributed by atoms with Crippen LogP contribution in [0.25, 0.3) is 0 Å². The minimum atomic E-state index is 0.536. The fourth-order valence-corrected chi connectivity index (χ4v) is 3.73. The lowest BCUT2D eigenvalue weighted by atomic mass is 9.76. The molecule has 2 N–H and O–H groups in total. The molecule has 2 heteroatoms. The second-order valence-corrected chi connectivity index (χ2v) is 7.00. The molecule has 1 aliphatic carbocycles. The third kappa shape index (κ3) is 3.42. The summed E-state index contributed by atoms with van der Waals surface area (Å²) in [6.07, 6.45) is 8.25. The summed E-state index contributed by atoms with van der Waals surface area (Å²) in [5, 5.41) is 7.16. The van der Waals surface area contributed by atoms with Crippen LogP contribution in [0.3, 0.4) is 0 Å². The summed E-state index contributed by atoms with van der Waals surface area (Å²) in [4.78, 5) is 0. The van der Waals surface area contributed by atoms with Crippen molar-refractivity contribution < 1.29 is 0 Å². The van der Waals surface area contributed by atoms with Crippen LogP contribution in [-0.2, 0) is 19.5 Å². The van der Waals surface area contributed by atoms with E-state index in [1.54, 1.807) is 0 Å². The molecular formula is C18H28N2. The van der Waals surface area contributed by atoms with E-state index in [-0.39, 0.29) is 0 Å². The first kappa shape index (κ1) is 14.1. The molecule has 0 atom stereocenters. The minimum Gasteiger partial charge on any atom is -0.312 e. The van der Waals surface area contributed by atoms with Gasteiger partial charge in [-0.1, -0.05) is 44.4 Å². The number of hydrogen-bond acceptors (Lipinski definition) is 2. The molecule has 0 aromatic heterocycles. The third-order valence-corrected chi connectivity index (χ3v) is 5.10. The number of fused-ring (bicyclic) bond motifs is 1. The Kier molecular flexibility index (Phi) is 4.42. The lowest BCUT2D eigenvalue weighted by molar-refractivity contribution is 0.207. The van der Waals surface area contributed by atoms with Crippen LogP contribution in [0.15, 0.2) is 18.2 Å². The van der Waals surface area contributed by atoms with Gasteiger partial charge in [-0.3, -0.25) is 0 Å². The number of hydrogen-bond donors (Lipinski definition) is 2. The second kappa shape index (κ2) is 6.28. The Morgan fingerprint density at radius 1 is 1.15 bits per heavy atom. The molecule has 1 saturated carbocycles. The zero-order valence-corrected chi connectivity index (χ0v) is 12.8. The van der Waals surface area contributed by atoms with Gasteiger partial charge >= 0.3 is 0 Å². The number of rotatable bonds is 4. The summed E-state index contributed by atoms with van der Waals surface area (Å²) in [6.45, 7) is 6.81. The largest absolute Gasteiger partial charge is 0.312 e. The molecule has 0 amide bonds. The summed E-state index contributed by atoms with van der Waals surface area (Å²) in [7, 11) is 0. The predicted octanol–water partition coefficient (Wildman–Crippen LogP) is 3.39. The molecule has 3 rings (SSSR count). The molecule has 2 nitrogen and oxygen atoms in total. The molecule has 1 heterocycles. The van der Waals surface area contributed by atoms with E-state index in [9.17, 15) is 0 Å². The molecule has 0 spiro atoms.